The molecule has 1 unspecified atom stereocenters. The van der Waals surface area contributed by atoms with E-state index in [4.69, 9.17) is 4.74 Å². The molecule has 0 spiro atoms. The van der Waals surface area contributed by atoms with Gasteiger partial charge in [-0.2, -0.15) is 0 Å². The summed E-state index contributed by atoms with van der Waals surface area (Å²) in [5.41, 5.74) is 0.667. The molecule has 2 saturated carbocycles. The first kappa shape index (κ1) is 19.6. The molecule has 4 nitrogen and oxygen atoms in total. The summed E-state index contributed by atoms with van der Waals surface area (Å²) in [4.78, 5) is 4.75. The largest absolute Gasteiger partial charge is 0.373 e. The third kappa shape index (κ3) is 4.23. The van der Waals surface area contributed by atoms with Crippen molar-refractivity contribution in [2.45, 2.75) is 69.9 Å². The molecular weight excluding hydrogens is 310 g/mol. The maximum atomic E-state index is 6.42. The zero-order chi connectivity index (χ0) is 17.9. The van der Waals surface area contributed by atoms with Crippen LogP contribution in [0.25, 0.3) is 0 Å². The Morgan fingerprint density at radius 3 is 2.60 bits per heavy atom. The summed E-state index contributed by atoms with van der Waals surface area (Å²) < 4.78 is 6.42. The van der Waals surface area contributed by atoms with Gasteiger partial charge in [0.2, 0.25) is 0 Å². The molecule has 4 heteroatoms. The highest BCUT2D eigenvalue weighted by molar-refractivity contribution is 5.14. The molecule has 25 heavy (non-hydrogen) atoms. The van der Waals surface area contributed by atoms with Crippen LogP contribution in [0.5, 0.6) is 0 Å². The molecule has 3 rings (SSSR count). The Morgan fingerprint density at radius 1 is 1.00 bits per heavy atom. The van der Waals surface area contributed by atoms with Crippen molar-refractivity contribution >= 4 is 0 Å². The van der Waals surface area contributed by atoms with Crippen molar-refractivity contribution < 1.29 is 4.74 Å². The van der Waals surface area contributed by atoms with Gasteiger partial charge >= 0.3 is 0 Å². The molecule has 0 aromatic heterocycles. The minimum absolute atomic E-state index is 0.109. The lowest BCUT2D eigenvalue weighted by atomic mass is 9.62. The Bertz CT molecular complexity index is 429. The average molecular weight is 352 g/mol. The van der Waals surface area contributed by atoms with E-state index in [1.165, 1.54) is 71.0 Å². The normalized spacial score (nSPS) is 37.2. The van der Waals surface area contributed by atoms with E-state index in [2.05, 4.69) is 43.2 Å². The Morgan fingerprint density at radius 2 is 1.80 bits per heavy atom. The lowest BCUT2D eigenvalue weighted by molar-refractivity contribution is -0.0435. The van der Waals surface area contributed by atoms with Crippen molar-refractivity contribution in [3.05, 3.63) is 0 Å². The molecule has 1 heterocycles. The summed E-state index contributed by atoms with van der Waals surface area (Å²) in [7, 11) is 6.57. The second-order valence-electron chi connectivity index (χ2n) is 9.49. The number of hydrogen-bond donors (Lipinski definition) is 1. The fourth-order valence-corrected chi connectivity index (χ4v) is 5.90. The Kier molecular flexibility index (Phi) is 6.46. The van der Waals surface area contributed by atoms with Crippen LogP contribution in [-0.2, 0) is 4.74 Å². The zero-order valence-electron chi connectivity index (χ0n) is 17.1. The second-order valence-corrected chi connectivity index (χ2v) is 9.49. The molecule has 0 radical (unpaired) electrons. The molecular formula is C21H41N3O. The van der Waals surface area contributed by atoms with E-state index in [1.807, 2.05) is 0 Å². The van der Waals surface area contributed by atoms with Crippen molar-refractivity contribution in [1.29, 1.82) is 0 Å². The second kappa shape index (κ2) is 8.24. The highest BCUT2D eigenvalue weighted by Crippen LogP contribution is 2.61. The monoisotopic (exact) mass is 351 g/mol. The van der Waals surface area contributed by atoms with Crippen LogP contribution in [0.2, 0.25) is 0 Å². The summed E-state index contributed by atoms with van der Waals surface area (Å²) in [6, 6.07) is 0.573. The van der Waals surface area contributed by atoms with Gasteiger partial charge in [0.1, 0.15) is 0 Å². The Labute approximate surface area is 155 Å². The molecule has 0 aromatic rings. The average Bonchev–Trinajstić information content (AvgIpc) is 3.06. The number of unbranched alkanes of at least 4 members (excludes halogenated alkanes) is 1. The lowest BCUT2D eigenvalue weighted by Crippen LogP contribution is -2.56. The molecule has 2 aliphatic carbocycles. The Balaban J connectivity index is 1.32. The van der Waals surface area contributed by atoms with Crippen molar-refractivity contribution in [3.8, 4) is 0 Å². The van der Waals surface area contributed by atoms with Crippen LogP contribution >= 0.6 is 0 Å². The van der Waals surface area contributed by atoms with Gasteiger partial charge in [0.25, 0.3) is 0 Å². The third-order valence-corrected chi connectivity index (χ3v) is 7.39. The van der Waals surface area contributed by atoms with E-state index in [0.717, 1.165) is 19.1 Å². The van der Waals surface area contributed by atoms with Crippen molar-refractivity contribution in [3.63, 3.8) is 0 Å². The summed E-state index contributed by atoms with van der Waals surface area (Å²) in [6.45, 7) is 8.21. The number of ether oxygens (including phenoxy) is 1. The van der Waals surface area contributed by atoms with E-state index in [-0.39, 0.29) is 5.60 Å². The van der Waals surface area contributed by atoms with Crippen LogP contribution in [0.4, 0.5) is 0 Å². The molecule has 1 saturated heterocycles. The van der Waals surface area contributed by atoms with Crippen molar-refractivity contribution in [2.75, 3.05) is 53.9 Å². The van der Waals surface area contributed by atoms with E-state index in [9.17, 15) is 0 Å². The van der Waals surface area contributed by atoms with Crippen LogP contribution in [-0.4, -0.2) is 75.4 Å². The van der Waals surface area contributed by atoms with Crippen LogP contribution in [0.3, 0.4) is 0 Å². The van der Waals surface area contributed by atoms with Gasteiger partial charge in [-0.3, -0.25) is 0 Å². The molecule has 146 valence electrons. The summed E-state index contributed by atoms with van der Waals surface area (Å²) in [5, 5.41) is 3.88. The molecule has 0 amide bonds. The van der Waals surface area contributed by atoms with E-state index >= 15 is 0 Å². The highest BCUT2D eigenvalue weighted by Gasteiger charge is 2.63. The van der Waals surface area contributed by atoms with Crippen LogP contribution in [0, 0.1) is 11.3 Å². The van der Waals surface area contributed by atoms with Crippen LogP contribution in [0.1, 0.15) is 58.3 Å². The van der Waals surface area contributed by atoms with Gasteiger partial charge in [0.05, 0.1) is 12.2 Å². The lowest BCUT2D eigenvalue weighted by Gasteiger charge is -2.45. The number of nitrogens with zero attached hydrogens (tertiary/aromatic N) is 2. The number of nitrogens with one attached hydrogen (secondary N) is 1. The fraction of sp³-hybridized carbons (Fsp3) is 1.00. The Hall–Kier alpha value is -0.160. The maximum absolute atomic E-state index is 6.42. The smallest absolute Gasteiger partial charge is 0.0841 e. The van der Waals surface area contributed by atoms with Gasteiger partial charge in [0, 0.05) is 6.04 Å². The van der Waals surface area contributed by atoms with Crippen LogP contribution < -0.4 is 5.32 Å². The molecule has 1 aliphatic heterocycles. The predicted octanol–water partition coefficient (Wildman–Crippen LogP) is 2.98. The van der Waals surface area contributed by atoms with Crippen molar-refractivity contribution in [2.24, 2.45) is 11.3 Å². The van der Waals surface area contributed by atoms with E-state index < -0.39 is 0 Å². The molecule has 3 fully saturated rings. The summed E-state index contributed by atoms with van der Waals surface area (Å²) in [6.07, 6.45) is 10.8. The molecule has 1 N–H and O–H groups in total. The van der Waals surface area contributed by atoms with Gasteiger partial charge in [-0.25, -0.2) is 0 Å². The summed E-state index contributed by atoms with van der Waals surface area (Å²) in [5.74, 6) is 0.814. The van der Waals surface area contributed by atoms with Gasteiger partial charge in [-0.05, 0) is 111 Å². The molecule has 0 aromatic carbocycles. The molecule has 3 aliphatic rings. The van der Waals surface area contributed by atoms with Gasteiger partial charge in [-0.15, -0.1) is 0 Å². The first-order chi connectivity index (χ1) is 12.0. The zero-order valence-corrected chi connectivity index (χ0v) is 17.1. The molecule has 2 bridgehead atoms. The van der Waals surface area contributed by atoms with Gasteiger partial charge in [-0.1, -0.05) is 6.42 Å². The third-order valence-electron chi connectivity index (χ3n) is 7.39. The van der Waals surface area contributed by atoms with Gasteiger partial charge in [0.15, 0.2) is 0 Å². The van der Waals surface area contributed by atoms with Gasteiger partial charge < -0.3 is 19.9 Å². The van der Waals surface area contributed by atoms with Crippen molar-refractivity contribution in [1.82, 2.24) is 15.1 Å². The molecule has 4 atom stereocenters. The van der Waals surface area contributed by atoms with E-state index in [1.54, 1.807) is 0 Å². The first-order valence-corrected chi connectivity index (χ1v) is 10.7. The maximum Gasteiger partial charge on any atom is 0.0841 e. The van der Waals surface area contributed by atoms with Crippen LogP contribution in [0.15, 0.2) is 0 Å². The van der Waals surface area contributed by atoms with E-state index in [0.29, 0.717) is 11.5 Å². The highest BCUT2D eigenvalue weighted by atomic mass is 16.5. The summed E-state index contributed by atoms with van der Waals surface area (Å²) >= 11 is 0. The number of hydrogen-bond acceptors (Lipinski definition) is 4. The minimum Gasteiger partial charge on any atom is -0.373 e. The standard InChI is InChI=1S/C21H41N3O/c1-20-18-9-7-11-21(18,17-25-20)12-10-19(20)22-13-5-6-15-24(4)16-8-14-23(2)3/h18-19,22H,5-17H2,1-4H3/t18?,19-,20-,21+/m0/s1. The number of rotatable bonds is 10. The fourth-order valence-electron chi connectivity index (χ4n) is 5.90. The first-order valence-electron chi connectivity index (χ1n) is 10.7. The minimum atomic E-state index is 0.109. The quantitative estimate of drug-likeness (QED) is 0.613. The predicted molar refractivity (Wildman–Crippen MR) is 105 cm³/mol. The topological polar surface area (TPSA) is 27.7 Å². The SMILES string of the molecule is CN(C)CCCN(C)CCCCN[C@H]1CC[C@@]23CCCC2[C@]1(C)OC3.